The molecule has 2 atom stereocenters. The molecule has 19 heavy (non-hydrogen) atoms. The van der Waals surface area contributed by atoms with Gasteiger partial charge in [0.25, 0.3) is 0 Å². The number of hydrogen-bond donors (Lipinski definition) is 3. The second-order valence-corrected chi connectivity index (χ2v) is 5.50. The molecular formula is C12H22N2O4S. The zero-order valence-corrected chi connectivity index (χ0v) is 12.0. The molecule has 1 saturated heterocycles. The van der Waals surface area contributed by atoms with E-state index in [1.165, 1.54) is 0 Å². The van der Waals surface area contributed by atoms with Crippen molar-refractivity contribution in [2.24, 2.45) is 0 Å². The predicted molar refractivity (Wildman–Crippen MR) is 74.5 cm³/mol. The van der Waals surface area contributed by atoms with Crippen molar-refractivity contribution >= 4 is 23.8 Å². The molecule has 1 fully saturated rings. The molecule has 1 aliphatic rings. The lowest BCUT2D eigenvalue weighted by Gasteiger charge is -2.23. The summed E-state index contributed by atoms with van der Waals surface area (Å²) in [6, 6.07) is -1.28. The van der Waals surface area contributed by atoms with Gasteiger partial charge in [-0.15, -0.1) is 0 Å². The van der Waals surface area contributed by atoms with Gasteiger partial charge in [0, 0.05) is 13.2 Å². The number of hydrogen-bond acceptors (Lipinski definition) is 4. The molecular weight excluding hydrogens is 268 g/mol. The smallest absolute Gasteiger partial charge is 0.326 e. The van der Waals surface area contributed by atoms with E-state index in [4.69, 9.17) is 9.84 Å². The highest BCUT2D eigenvalue weighted by Gasteiger charge is 2.20. The maximum atomic E-state index is 11.6. The highest BCUT2D eigenvalue weighted by atomic mass is 32.2. The molecule has 1 aliphatic heterocycles. The fourth-order valence-electron chi connectivity index (χ4n) is 1.88. The summed E-state index contributed by atoms with van der Waals surface area (Å²) in [5.74, 6) is -0.304. The Balaban J connectivity index is 2.25. The minimum absolute atomic E-state index is 0.0500. The van der Waals surface area contributed by atoms with Gasteiger partial charge in [-0.1, -0.05) is 0 Å². The fourth-order valence-corrected chi connectivity index (χ4v) is 2.35. The first-order valence-electron chi connectivity index (χ1n) is 6.51. The summed E-state index contributed by atoms with van der Waals surface area (Å²) in [6.07, 6.45) is 5.49. The molecule has 2 amide bonds. The number of ether oxygens (including phenoxy) is 1. The number of carboxylic acid groups (broad SMARTS) is 1. The van der Waals surface area contributed by atoms with Crippen LogP contribution in [0.4, 0.5) is 4.79 Å². The third kappa shape index (κ3) is 6.68. The summed E-state index contributed by atoms with van der Waals surface area (Å²) in [4.78, 5) is 22.6. The molecule has 0 saturated carbocycles. The Morgan fingerprint density at radius 2 is 2.26 bits per heavy atom. The van der Waals surface area contributed by atoms with Crippen LogP contribution in [0.25, 0.3) is 0 Å². The van der Waals surface area contributed by atoms with Crippen molar-refractivity contribution in [3.63, 3.8) is 0 Å². The van der Waals surface area contributed by atoms with Gasteiger partial charge >= 0.3 is 12.0 Å². The van der Waals surface area contributed by atoms with E-state index in [2.05, 4.69) is 10.6 Å². The molecule has 1 rings (SSSR count). The Hall–Kier alpha value is -0.950. The average molecular weight is 290 g/mol. The van der Waals surface area contributed by atoms with Crippen LogP contribution in [-0.2, 0) is 9.53 Å². The second-order valence-electron chi connectivity index (χ2n) is 4.52. The molecule has 0 aromatic rings. The van der Waals surface area contributed by atoms with Crippen molar-refractivity contribution < 1.29 is 19.4 Å². The van der Waals surface area contributed by atoms with Crippen LogP contribution < -0.4 is 10.6 Å². The van der Waals surface area contributed by atoms with E-state index in [1.807, 2.05) is 6.26 Å². The third-order valence-electron chi connectivity index (χ3n) is 2.98. The van der Waals surface area contributed by atoms with Gasteiger partial charge in [0.2, 0.25) is 0 Å². The third-order valence-corrected chi connectivity index (χ3v) is 3.62. The first-order valence-corrected chi connectivity index (χ1v) is 7.90. The van der Waals surface area contributed by atoms with E-state index >= 15 is 0 Å². The van der Waals surface area contributed by atoms with Crippen molar-refractivity contribution in [3.05, 3.63) is 0 Å². The number of thioether (sulfide) groups is 1. The molecule has 0 radical (unpaired) electrons. The lowest BCUT2D eigenvalue weighted by molar-refractivity contribution is -0.139. The average Bonchev–Trinajstić information content (AvgIpc) is 2.42. The number of urea groups is 1. The molecule has 1 heterocycles. The van der Waals surface area contributed by atoms with Gasteiger partial charge < -0.3 is 20.5 Å². The van der Waals surface area contributed by atoms with Gasteiger partial charge in [0.05, 0.1) is 6.10 Å². The van der Waals surface area contributed by atoms with Crippen LogP contribution in [0.2, 0.25) is 0 Å². The maximum Gasteiger partial charge on any atom is 0.326 e. The van der Waals surface area contributed by atoms with Gasteiger partial charge in [-0.25, -0.2) is 9.59 Å². The van der Waals surface area contributed by atoms with Gasteiger partial charge in [-0.2, -0.15) is 11.8 Å². The number of rotatable bonds is 7. The van der Waals surface area contributed by atoms with E-state index < -0.39 is 18.0 Å². The molecule has 0 aliphatic carbocycles. The molecule has 0 bridgehead atoms. The molecule has 0 aromatic carbocycles. The van der Waals surface area contributed by atoms with Crippen LogP contribution in [0, 0.1) is 0 Å². The summed E-state index contributed by atoms with van der Waals surface area (Å²) < 4.78 is 5.48. The number of nitrogens with one attached hydrogen (secondary N) is 2. The van der Waals surface area contributed by atoms with Crippen LogP contribution in [-0.4, -0.2) is 54.4 Å². The van der Waals surface area contributed by atoms with Gasteiger partial charge in [0.1, 0.15) is 6.04 Å². The quantitative estimate of drug-likeness (QED) is 0.652. The predicted octanol–water partition coefficient (Wildman–Crippen LogP) is 1.06. The van der Waals surface area contributed by atoms with Crippen LogP contribution in [0.3, 0.4) is 0 Å². The first-order chi connectivity index (χ1) is 9.13. The van der Waals surface area contributed by atoms with Crippen molar-refractivity contribution in [2.75, 3.05) is 25.2 Å². The Kier molecular flexibility index (Phi) is 7.66. The topological polar surface area (TPSA) is 87.7 Å². The maximum absolute atomic E-state index is 11.6. The molecule has 3 N–H and O–H groups in total. The number of carbonyl (C=O) groups is 2. The molecule has 6 nitrogen and oxygen atoms in total. The summed E-state index contributed by atoms with van der Waals surface area (Å²) in [5, 5.41) is 14.1. The van der Waals surface area contributed by atoms with Gasteiger partial charge in [-0.05, 0) is 37.7 Å². The Morgan fingerprint density at radius 3 is 2.84 bits per heavy atom. The Bertz CT molecular complexity index is 295. The molecule has 2 unspecified atom stereocenters. The van der Waals surface area contributed by atoms with Crippen molar-refractivity contribution in [2.45, 2.75) is 37.8 Å². The van der Waals surface area contributed by atoms with Crippen molar-refractivity contribution in [3.8, 4) is 0 Å². The summed E-state index contributed by atoms with van der Waals surface area (Å²) in [7, 11) is 0. The lowest BCUT2D eigenvalue weighted by atomic mass is 10.1. The van der Waals surface area contributed by atoms with Gasteiger partial charge in [0.15, 0.2) is 0 Å². The Labute approximate surface area is 117 Å². The van der Waals surface area contributed by atoms with E-state index in [0.717, 1.165) is 25.9 Å². The molecule has 0 spiro atoms. The van der Waals surface area contributed by atoms with Crippen LogP contribution in [0.5, 0.6) is 0 Å². The van der Waals surface area contributed by atoms with E-state index in [0.29, 0.717) is 18.7 Å². The summed E-state index contributed by atoms with van der Waals surface area (Å²) in [5.41, 5.74) is 0. The molecule has 110 valence electrons. The largest absolute Gasteiger partial charge is 0.480 e. The zero-order valence-electron chi connectivity index (χ0n) is 11.2. The summed E-state index contributed by atoms with van der Waals surface area (Å²) >= 11 is 1.56. The minimum atomic E-state index is -1.00. The van der Waals surface area contributed by atoms with E-state index in [-0.39, 0.29) is 6.10 Å². The highest BCUT2D eigenvalue weighted by molar-refractivity contribution is 7.98. The van der Waals surface area contributed by atoms with Crippen LogP contribution in [0.15, 0.2) is 0 Å². The number of aliphatic carboxylic acids is 1. The first kappa shape index (κ1) is 16.1. The van der Waals surface area contributed by atoms with Crippen LogP contribution >= 0.6 is 11.8 Å². The zero-order chi connectivity index (χ0) is 14.1. The molecule has 7 heteroatoms. The highest BCUT2D eigenvalue weighted by Crippen LogP contribution is 2.11. The summed E-state index contributed by atoms with van der Waals surface area (Å²) in [6.45, 7) is 1.17. The van der Waals surface area contributed by atoms with Crippen LogP contribution in [0.1, 0.15) is 25.7 Å². The lowest BCUT2D eigenvalue weighted by Crippen LogP contribution is -2.48. The standard InChI is InChI=1S/C12H22N2O4S/c1-19-7-5-10(11(15)16)14-12(17)13-8-9-4-2-3-6-18-9/h9-10H,2-8H2,1H3,(H,15,16)(H2,13,14,17). The minimum Gasteiger partial charge on any atom is -0.480 e. The Morgan fingerprint density at radius 1 is 1.47 bits per heavy atom. The number of amides is 2. The monoisotopic (exact) mass is 290 g/mol. The molecule has 0 aromatic heterocycles. The van der Waals surface area contributed by atoms with Crippen molar-refractivity contribution in [1.29, 1.82) is 0 Å². The fraction of sp³-hybridized carbons (Fsp3) is 0.833. The van der Waals surface area contributed by atoms with E-state index in [1.54, 1.807) is 11.8 Å². The normalized spacial score (nSPS) is 20.6. The van der Waals surface area contributed by atoms with Gasteiger partial charge in [-0.3, -0.25) is 0 Å². The van der Waals surface area contributed by atoms with E-state index in [9.17, 15) is 9.59 Å². The number of carbonyl (C=O) groups excluding carboxylic acids is 1. The SMILES string of the molecule is CSCCC(NC(=O)NCC1CCCCO1)C(=O)O. The van der Waals surface area contributed by atoms with Crippen molar-refractivity contribution in [1.82, 2.24) is 10.6 Å². The number of carboxylic acids is 1. The second kappa shape index (κ2) is 9.03.